The van der Waals surface area contributed by atoms with Gasteiger partial charge in [0.2, 0.25) is 5.91 Å². The highest BCUT2D eigenvalue weighted by Crippen LogP contribution is 2.36. The van der Waals surface area contributed by atoms with Crippen LogP contribution in [0.5, 0.6) is 0 Å². The highest BCUT2D eigenvalue weighted by atomic mass is 16.5. The van der Waals surface area contributed by atoms with Gasteiger partial charge in [-0.05, 0) is 26.2 Å². The number of carbonyl (C=O) groups is 2. The van der Waals surface area contributed by atoms with Gasteiger partial charge in [0.05, 0.1) is 17.9 Å². The van der Waals surface area contributed by atoms with Crippen LogP contribution in [0.4, 0.5) is 0 Å². The Morgan fingerprint density at radius 3 is 2.53 bits per heavy atom. The first-order valence-corrected chi connectivity index (χ1v) is 6.26. The van der Waals surface area contributed by atoms with Gasteiger partial charge in [0.1, 0.15) is 0 Å². The van der Waals surface area contributed by atoms with Gasteiger partial charge in [-0.1, -0.05) is 0 Å². The maximum absolute atomic E-state index is 12.0. The van der Waals surface area contributed by atoms with E-state index in [1.165, 1.54) is 0 Å². The van der Waals surface area contributed by atoms with Gasteiger partial charge >= 0.3 is 5.97 Å². The minimum Gasteiger partial charge on any atom is -0.481 e. The third-order valence-corrected chi connectivity index (χ3v) is 3.59. The smallest absolute Gasteiger partial charge is 0.306 e. The molecular formula is C12H19NO4. The second-order valence-corrected chi connectivity index (χ2v) is 4.77. The van der Waals surface area contributed by atoms with E-state index < -0.39 is 5.97 Å². The van der Waals surface area contributed by atoms with Crippen molar-refractivity contribution in [2.45, 2.75) is 32.3 Å². The lowest BCUT2D eigenvalue weighted by Crippen LogP contribution is -2.41. The summed E-state index contributed by atoms with van der Waals surface area (Å²) in [5.74, 6) is -0.847. The minimum absolute atomic E-state index is 0.0244. The normalized spacial score (nSPS) is 29.1. The van der Waals surface area contributed by atoms with Crippen LogP contribution in [0, 0.1) is 11.8 Å². The third kappa shape index (κ3) is 2.77. The summed E-state index contributed by atoms with van der Waals surface area (Å²) in [5, 5.41) is 8.87. The van der Waals surface area contributed by atoms with Crippen LogP contribution >= 0.6 is 0 Å². The third-order valence-electron chi connectivity index (χ3n) is 3.59. The number of rotatable bonds is 4. The summed E-state index contributed by atoms with van der Waals surface area (Å²) < 4.78 is 5.40. The van der Waals surface area contributed by atoms with Crippen LogP contribution in [0.15, 0.2) is 0 Å². The van der Waals surface area contributed by atoms with Crippen molar-refractivity contribution in [3.8, 4) is 0 Å². The minimum atomic E-state index is -0.740. The predicted octanol–water partition coefficient (Wildman–Crippen LogP) is 0.735. The Balaban J connectivity index is 1.78. The van der Waals surface area contributed by atoms with Crippen LogP contribution < -0.4 is 0 Å². The summed E-state index contributed by atoms with van der Waals surface area (Å²) >= 11 is 0. The lowest BCUT2D eigenvalue weighted by atomic mass is 9.97. The number of nitrogens with zero attached hydrogens (tertiary/aromatic N) is 1. The van der Waals surface area contributed by atoms with Crippen molar-refractivity contribution < 1.29 is 19.4 Å². The summed E-state index contributed by atoms with van der Waals surface area (Å²) in [4.78, 5) is 24.6. The van der Waals surface area contributed by atoms with E-state index in [2.05, 4.69) is 0 Å². The maximum atomic E-state index is 12.0. The Hall–Kier alpha value is -1.10. The van der Waals surface area contributed by atoms with Crippen molar-refractivity contribution in [1.29, 1.82) is 0 Å². The summed E-state index contributed by atoms with van der Waals surface area (Å²) in [6.07, 6.45) is 2.08. The molecule has 1 N–H and O–H groups in total. The number of aliphatic carboxylic acids is 1. The number of hydrogen-bond donors (Lipinski definition) is 1. The molecule has 2 fully saturated rings. The van der Waals surface area contributed by atoms with E-state index >= 15 is 0 Å². The molecule has 2 atom stereocenters. The van der Waals surface area contributed by atoms with Crippen molar-refractivity contribution in [3.05, 3.63) is 0 Å². The summed E-state index contributed by atoms with van der Waals surface area (Å²) in [6, 6.07) is 0. The fourth-order valence-corrected chi connectivity index (χ4v) is 2.41. The molecule has 17 heavy (non-hydrogen) atoms. The van der Waals surface area contributed by atoms with Crippen LogP contribution in [0.25, 0.3) is 0 Å². The van der Waals surface area contributed by atoms with E-state index in [4.69, 9.17) is 9.84 Å². The number of piperidine rings is 1. The number of carboxylic acid groups (broad SMARTS) is 1. The zero-order valence-electron chi connectivity index (χ0n) is 10.1. The zero-order chi connectivity index (χ0) is 12.4. The standard InChI is InChI=1S/C12H19NO4/c1-2-17-10-7-9(10)11(14)13-5-3-8(4-6-13)12(15)16/h8-10H,2-7H2,1H3,(H,15,16)/t9-,10-/m1/s1. The molecular weight excluding hydrogens is 222 g/mol. The molecule has 1 saturated heterocycles. The molecule has 0 bridgehead atoms. The molecule has 0 aromatic rings. The Morgan fingerprint density at radius 1 is 1.35 bits per heavy atom. The molecule has 1 amide bonds. The fourth-order valence-electron chi connectivity index (χ4n) is 2.41. The van der Waals surface area contributed by atoms with Gasteiger partial charge in [-0.25, -0.2) is 0 Å². The largest absolute Gasteiger partial charge is 0.481 e. The average molecular weight is 241 g/mol. The lowest BCUT2D eigenvalue weighted by molar-refractivity contribution is -0.146. The molecule has 2 aliphatic rings. The lowest BCUT2D eigenvalue weighted by Gasteiger charge is -2.30. The van der Waals surface area contributed by atoms with Crippen LogP contribution in [0.1, 0.15) is 26.2 Å². The molecule has 96 valence electrons. The highest BCUT2D eigenvalue weighted by Gasteiger charge is 2.46. The molecule has 5 heteroatoms. The van der Waals surface area contributed by atoms with Crippen LogP contribution in [0.2, 0.25) is 0 Å². The number of carbonyl (C=O) groups excluding carboxylic acids is 1. The molecule has 1 aliphatic carbocycles. The Morgan fingerprint density at radius 2 is 2.00 bits per heavy atom. The second-order valence-electron chi connectivity index (χ2n) is 4.77. The first-order chi connectivity index (χ1) is 8.13. The summed E-state index contributed by atoms with van der Waals surface area (Å²) in [7, 11) is 0. The molecule has 1 aliphatic heterocycles. The van der Waals surface area contributed by atoms with E-state index in [1.807, 2.05) is 6.92 Å². The van der Waals surface area contributed by atoms with Gasteiger partial charge in [0.15, 0.2) is 0 Å². The average Bonchev–Trinajstić information content (AvgIpc) is 3.08. The van der Waals surface area contributed by atoms with Gasteiger partial charge in [0.25, 0.3) is 0 Å². The summed E-state index contributed by atoms with van der Waals surface area (Å²) in [5.41, 5.74) is 0. The molecule has 0 radical (unpaired) electrons. The van der Waals surface area contributed by atoms with Crippen molar-refractivity contribution in [1.82, 2.24) is 4.90 Å². The first kappa shape index (κ1) is 12.4. The molecule has 0 aromatic carbocycles. The molecule has 1 saturated carbocycles. The number of likely N-dealkylation sites (tertiary alicyclic amines) is 1. The number of carboxylic acids is 1. The van der Waals surface area contributed by atoms with Crippen molar-refractivity contribution in [2.75, 3.05) is 19.7 Å². The van der Waals surface area contributed by atoms with Crippen LogP contribution in [-0.2, 0) is 14.3 Å². The molecule has 2 rings (SSSR count). The van der Waals surface area contributed by atoms with Gasteiger partial charge in [-0.3, -0.25) is 9.59 Å². The van der Waals surface area contributed by atoms with Gasteiger partial charge in [0, 0.05) is 19.7 Å². The SMILES string of the molecule is CCO[C@@H]1C[C@H]1C(=O)N1CCC(C(=O)O)CC1. The monoisotopic (exact) mass is 241 g/mol. The second kappa shape index (κ2) is 5.04. The molecule has 0 spiro atoms. The summed E-state index contributed by atoms with van der Waals surface area (Å²) in [6.45, 7) is 3.73. The van der Waals surface area contributed by atoms with E-state index in [9.17, 15) is 9.59 Å². The van der Waals surface area contributed by atoms with Crippen LogP contribution in [-0.4, -0.2) is 47.7 Å². The van der Waals surface area contributed by atoms with E-state index in [0.717, 1.165) is 6.42 Å². The molecule has 0 unspecified atom stereocenters. The predicted molar refractivity (Wildman–Crippen MR) is 60.5 cm³/mol. The van der Waals surface area contributed by atoms with Crippen LogP contribution in [0.3, 0.4) is 0 Å². The topological polar surface area (TPSA) is 66.8 Å². The Bertz CT molecular complexity index is 310. The van der Waals surface area contributed by atoms with Crippen molar-refractivity contribution in [3.63, 3.8) is 0 Å². The van der Waals surface area contributed by atoms with E-state index in [1.54, 1.807) is 4.90 Å². The number of amides is 1. The Labute approximate surface area is 101 Å². The quantitative estimate of drug-likeness (QED) is 0.788. The molecule has 0 aromatic heterocycles. The highest BCUT2D eigenvalue weighted by molar-refractivity contribution is 5.82. The van der Waals surface area contributed by atoms with Crippen molar-refractivity contribution >= 4 is 11.9 Å². The number of ether oxygens (including phenoxy) is 1. The van der Waals surface area contributed by atoms with Gasteiger partial charge < -0.3 is 14.7 Å². The Kier molecular flexibility index (Phi) is 3.66. The first-order valence-electron chi connectivity index (χ1n) is 6.26. The zero-order valence-corrected chi connectivity index (χ0v) is 10.1. The maximum Gasteiger partial charge on any atom is 0.306 e. The number of hydrogen-bond acceptors (Lipinski definition) is 3. The molecule has 5 nitrogen and oxygen atoms in total. The van der Waals surface area contributed by atoms with E-state index in [0.29, 0.717) is 32.5 Å². The fraction of sp³-hybridized carbons (Fsp3) is 0.833. The van der Waals surface area contributed by atoms with Gasteiger partial charge in [-0.2, -0.15) is 0 Å². The van der Waals surface area contributed by atoms with E-state index in [-0.39, 0.29) is 23.8 Å². The van der Waals surface area contributed by atoms with Crippen molar-refractivity contribution in [2.24, 2.45) is 11.8 Å². The molecule has 1 heterocycles. The van der Waals surface area contributed by atoms with Gasteiger partial charge in [-0.15, -0.1) is 0 Å².